The highest BCUT2D eigenvalue weighted by Crippen LogP contribution is 2.29. The molecule has 8 heteroatoms. The van der Waals surface area contributed by atoms with Gasteiger partial charge in [0.2, 0.25) is 0 Å². The summed E-state index contributed by atoms with van der Waals surface area (Å²) in [4.78, 5) is 24.5. The molecule has 188 valence electrons. The molecule has 8 nitrogen and oxygen atoms in total. The van der Waals surface area contributed by atoms with E-state index in [1.165, 1.54) is 0 Å². The number of aliphatic carboxylic acids is 1. The van der Waals surface area contributed by atoms with Crippen molar-refractivity contribution in [2.75, 3.05) is 25.1 Å². The molecule has 0 aliphatic carbocycles. The molecule has 1 heterocycles. The third-order valence-electron chi connectivity index (χ3n) is 6.08. The van der Waals surface area contributed by atoms with Crippen molar-refractivity contribution in [1.29, 1.82) is 0 Å². The maximum atomic E-state index is 13.3. The fourth-order valence-electron chi connectivity index (χ4n) is 4.15. The summed E-state index contributed by atoms with van der Waals surface area (Å²) in [6.07, 6.45) is 1.73. The lowest BCUT2D eigenvalue weighted by molar-refractivity contribution is -0.136. The highest BCUT2D eigenvalue weighted by Gasteiger charge is 2.18. The summed E-state index contributed by atoms with van der Waals surface area (Å²) in [5, 5.41) is 21.5. The van der Waals surface area contributed by atoms with E-state index >= 15 is 0 Å². The second-order valence-corrected chi connectivity index (χ2v) is 8.79. The number of carbonyl (C=O) groups excluding carboxylic acids is 1. The molecule has 2 atom stereocenters. The summed E-state index contributed by atoms with van der Waals surface area (Å²) in [5.74, 6) is -0.854. The molecule has 0 radical (unpaired) electrons. The van der Waals surface area contributed by atoms with Gasteiger partial charge in [-0.1, -0.05) is 36.4 Å². The maximum Gasteiger partial charge on any atom is 0.307 e. The molecule has 1 aliphatic heterocycles. The SMILES string of the molecule is NC(CO)c1cccc(-c2cc(OCC3CCCO3)cc(C(=O)Nc3ccccc3CC(=O)O)c2)c1. The number of anilines is 1. The van der Waals surface area contributed by atoms with Gasteiger partial charge in [-0.2, -0.15) is 0 Å². The maximum absolute atomic E-state index is 13.3. The number of para-hydroxylation sites is 1. The van der Waals surface area contributed by atoms with Crippen molar-refractivity contribution in [1.82, 2.24) is 0 Å². The number of hydrogen-bond donors (Lipinski definition) is 4. The minimum atomic E-state index is -0.982. The van der Waals surface area contributed by atoms with Crippen LogP contribution in [0.1, 0.15) is 40.4 Å². The monoisotopic (exact) mass is 490 g/mol. The van der Waals surface area contributed by atoms with E-state index in [4.69, 9.17) is 15.2 Å². The number of rotatable bonds is 10. The van der Waals surface area contributed by atoms with Gasteiger partial charge in [-0.05, 0) is 65.4 Å². The minimum absolute atomic E-state index is 0.0136. The number of carboxylic acids is 1. The molecule has 0 spiro atoms. The molecule has 3 aromatic carbocycles. The van der Waals surface area contributed by atoms with Crippen molar-refractivity contribution in [3.05, 3.63) is 83.4 Å². The lowest BCUT2D eigenvalue weighted by atomic mass is 9.98. The van der Waals surface area contributed by atoms with E-state index in [2.05, 4.69) is 5.32 Å². The van der Waals surface area contributed by atoms with E-state index in [0.29, 0.717) is 29.2 Å². The second kappa shape index (κ2) is 11.8. The summed E-state index contributed by atoms with van der Waals surface area (Å²) in [6.45, 7) is 0.911. The number of benzene rings is 3. The first-order chi connectivity index (χ1) is 17.4. The zero-order chi connectivity index (χ0) is 25.5. The zero-order valence-corrected chi connectivity index (χ0v) is 19.9. The van der Waals surface area contributed by atoms with Crippen LogP contribution in [0.25, 0.3) is 11.1 Å². The van der Waals surface area contributed by atoms with Gasteiger partial charge in [-0.15, -0.1) is 0 Å². The molecule has 36 heavy (non-hydrogen) atoms. The van der Waals surface area contributed by atoms with E-state index in [9.17, 15) is 19.8 Å². The lowest BCUT2D eigenvalue weighted by Gasteiger charge is -2.16. The Morgan fingerprint density at radius 1 is 1.08 bits per heavy atom. The van der Waals surface area contributed by atoms with Crippen LogP contribution in [0.2, 0.25) is 0 Å². The molecule has 2 unspecified atom stereocenters. The first kappa shape index (κ1) is 25.4. The summed E-state index contributed by atoms with van der Waals surface area (Å²) >= 11 is 0. The number of aliphatic hydroxyl groups is 1. The van der Waals surface area contributed by atoms with Crippen LogP contribution >= 0.6 is 0 Å². The zero-order valence-electron chi connectivity index (χ0n) is 19.9. The van der Waals surface area contributed by atoms with Crippen molar-refractivity contribution in [3.63, 3.8) is 0 Å². The second-order valence-electron chi connectivity index (χ2n) is 8.79. The van der Waals surface area contributed by atoms with Crippen LogP contribution in [-0.2, 0) is 16.0 Å². The van der Waals surface area contributed by atoms with Gasteiger partial charge >= 0.3 is 5.97 Å². The summed E-state index contributed by atoms with van der Waals surface area (Å²) in [6, 6.07) is 19.0. The average Bonchev–Trinajstić information content (AvgIpc) is 3.41. The highest BCUT2D eigenvalue weighted by molar-refractivity contribution is 6.06. The van der Waals surface area contributed by atoms with Gasteiger partial charge in [0, 0.05) is 17.9 Å². The summed E-state index contributed by atoms with van der Waals surface area (Å²) in [5.41, 5.74) is 9.65. The topological polar surface area (TPSA) is 131 Å². The van der Waals surface area contributed by atoms with E-state index < -0.39 is 12.0 Å². The van der Waals surface area contributed by atoms with Crippen LogP contribution in [0, 0.1) is 0 Å². The standard InChI is InChI=1S/C28H30N2O6/c29-25(16-31)19-7-3-6-18(11-19)21-12-22(14-24(13-21)36-17-23-8-4-10-35-23)28(34)30-26-9-2-1-5-20(26)15-27(32)33/h1-3,5-7,9,11-14,23,25,31H,4,8,10,15-17,29H2,(H,30,34)(H,32,33). The molecule has 1 saturated heterocycles. The molecule has 0 aromatic heterocycles. The van der Waals surface area contributed by atoms with Crippen LogP contribution in [0.15, 0.2) is 66.7 Å². The number of carbonyl (C=O) groups is 2. The van der Waals surface area contributed by atoms with Gasteiger partial charge < -0.3 is 30.7 Å². The number of carboxylic acid groups (broad SMARTS) is 1. The molecule has 1 fully saturated rings. The van der Waals surface area contributed by atoms with Gasteiger partial charge in [-0.3, -0.25) is 9.59 Å². The smallest absolute Gasteiger partial charge is 0.307 e. The molecule has 0 bridgehead atoms. The first-order valence-electron chi connectivity index (χ1n) is 11.9. The molecular weight excluding hydrogens is 460 g/mol. The first-order valence-corrected chi connectivity index (χ1v) is 11.9. The number of ether oxygens (including phenoxy) is 2. The quantitative estimate of drug-likeness (QED) is 0.340. The number of nitrogens with one attached hydrogen (secondary N) is 1. The lowest BCUT2D eigenvalue weighted by Crippen LogP contribution is -2.17. The van der Waals surface area contributed by atoms with Crippen molar-refractivity contribution in [2.24, 2.45) is 5.73 Å². The fourth-order valence-corrected chi connectivity index (χ4v) is 4.15. The third kappa shape index (κ3) is 6.48. The Morgan fingerprint density at radius 2 is 1.92 bits per heavy atom. The van der Waals surface area contributed by atoms with Gasteiger partial charge in [-0.25, -0.2) is 0 Å². The van der Waals surface area contributed by atoms with E-state index in [-0.39, 0.29) is 25.0 Å². The molecule has 0 saturated carbocycles. The molecular formula is C28H30N2O6. The van der Waals surface area contributed by atoms with Crippen LogP contribution in [0.4, 0.5) is 5.69 Å². The Hall–Kier alpha value is -3.72. The summed E-state index contributed by atoms with van der Waals surface area (Å²) in [7, 11) is 0. The van der Waals surface area contributed by atoms with E-state index in [1.807, 2.05) is 30.3 Å². The van der Waals surface area contributed by atoms with Crippen molar-refractivity contribution >= 4 is 17.6 Å². The number of hydrogen-bond acceptors (Lipinski definition) is 6. The van der Waals surface area contributed by atoms with Crippen LogP contribution in [-0.4, -0.2) is 48.0 Å². The number of amides is 1. The Kier molecular flexibility index (Phi) is 8.32. The molecule has 4 rings (SSSR count). The third-order valence-corrected chi connectivity index (χ3v) is 6.08. The van der Waals surface area contributed by atoms with Crippen molar-refractivity contribution in [3.8, 4) is 16.9 Å². The van der Waals surface area contributed by atoms with Gasteiger partial charge in [0.05, 0.1) is 25.2 Å². The van der Waals surface area contributed by atoms with Gasteiger partial charge in [0.25, 0.3) is 5.91 Å². The number of nitrogens with two attached hydrogens (primary N) is 1. The Labute approximate surface area is 209 Å². The average molecular weight is 491 g/mol. The molecule has 1 amide bonds. The van der Waals surface area contributed by atoms with Crippen LogP contribution in [0.5, 0.6) is 5.75 Å². The minimum Gasteiger partial charge on any atom is -0.491 e. The van der Waals surface area contributed by atoms with Crippen LogP contribution in [0.3, 0.4) is 0 Å². The van der Waals surface area contributed by atoms with Crippen molar-refractivity contribution in [2.45, 2.75) is 31.4 Å². The summed E-state index contributed by atoms with van der Waals surface area (Å²) < 4.78 is 11.7. The molecule has 3 aromatic rings. The fraction of sp³-hybridized carbons (Fsp3) is 0.286. The van der Waals surface area contributed by atoms with Gasteiger partial charge in [0.1, 0.15) is 12.4 Å². The number of aliphatic hydroxyl groups excluding tert-OH is 1. The predicted octanol–water partition coefficient (Wildman–Crippen LogP) is 3.78. The largest absolute Gasteiger partial charge is 0.491 e. The van der Waals surface area contributed by atoms with E-state index in [0.717, 1.165) is 36.1 Å². The normalized spacial score (nSPS) is 15.9. The van der Waals surface area contributed by atoms with Crippen LogP contribution < -0.4 is 15.8 Å². The van der Waals surface area contributed by atoms with E-state index in [1.54, 1.807) is 36.4 Å². The highest BCUT2D eigenvalue weighted by atomic mass is 16.5. The Balaban J connectivity index is 1.65. The Morgan fingerprint density at radius 3 is 2.67 bits per heavy atom. The molecule has 1 aliphatic rings. The predicted molar refractivity (Wildman–Crippen MR) is 136 cm³/mol. The van der Waals surface area contributed by atoms with Crippen molar-refractivity contribution < 1.29 is 29.3 Å². The molecule has 5 N–H and O–H groups in total. The Bertz CT molecular complexity index is 1220. The van der Waals surface area contributed by atoms with Gasteiger partial charge in [0.15, 0.2) is 0 Å².